The number of aryl methyl sites for hydroxylation is 1. The number of rotatable bonds is 2. The van der Waals surface area contributed by atoms with Gasteiger partial charge >= 0.3 is 0 Å². The van der Waals surface area contributed by atoms with Crippen LogP contribution in [0.1, 0.15) is 5.56 Å². The summed E-state index contributed by atoms with van der Waals surface area (Å²) in [5.74, 6) is 0.309. The molecule has 20 heavy (non-hydrogen) atoms. The van der Waals surface area contributed by atoms with E-state index in [-0.39, 0.29) is 0 Å². The lowest BCUT2D eigenvalue weighted by Crippen LogP contribution is -1.88. The Hall–Kier alpha value is -2.26. The number of aromatic nitrogens is 1. The van der Waals surface area contributed by atoms with Crippen molar-refractivity contribution in [2.75, 3.05) is 5.73 Å². The minimum absolute atomic E-state index is 0.309. The zero-order valence-electron chi connectivity index (χ0n) is 10.9. The summed E-state index contributed by atoms with van der Waals surface area (Å²) < 4.78 is 5.16. The Bertz CT molecular complexity index is 747. The molecule has 0 radical (unpaired) electrons. The third kappa shape index (κ3) is 2.28. The lowest BCUT2D eigenvalue weighted by molar-refractivity contribution is 0.439. The van der Waals surface area contributed by atoms with Crippen molar-refractivity contribution in [1.82, 2.24) is 5.16 Å². The molecule has 0 aliphatic rings. The van der Waals surface area contributed by atoms with E-state index < -0.39 is 0 Å². The highest BCUT2D eigenvalue weighted by molar-refractivity contribution is 6.30. The van der Waals surface area contributed by atoms with E-state index in [0.717, 1.165) is 16.7 Å². The molecule has 0 fully saturated rings. The van der Waals surface area contributed by atoms with Crippen LogP contribution in [0.25, 0.3) is 22.4 Å². The van der Waals surface area contributed by atoms with Gasteiger partial charge in [-0.05, 0) is 24.6 Å². The smallest absolute Gasteiger partial charge is 0.230 e. The number of anilines is 1. The van der Waals surface area contributed by atoms with Crippen molar-refractivity contribution in [3.63, 3.8) is 0 Å². The predicted octanol–water partition coefficient (Wildman–Crippen LogP) is 4.55. The number of nitrogens with zero attached hydrogens (tertiary/aromatic N) is 1. The van der Waals surface area contributed by atoms with Crippen LogP contribution in [0.2, 0.25) is 5.02 Å². The van der Waals surface area contributed by atoms with Gasteiger partial charge in [-0.2, -0.15) is 0 Å². The van der Waals surface area contributed by atoms with Crippen LogP contribution in [-0.2, 0) is 0 Å². The van der Waals surface area contributed by atoms with Gasteiger partial charge in [0, 0.05) is 10.6 Å². The molecule has 3 nitrogen and oxygen atoms in total. The van der Waals surface area contributed by atoms with Crippen molar-refractivity contribution < 1.29 is 4.52 Å². The summed E-state index contributed by atoms with van der Waals surface area (Å²) in [6, 6.07) is 15.5. The van der Waals surface area contributed by atoms with Gasteiger partial charge in [-0.1, -0.05) is 58.7 Å². The number of halogens is 1. The van der Waals surface area contributed by atoms with Crippen LogP contribution >= 0.6 is 11.6 Å². The Balaban J connectivity index is 2.17. The van der Waals surface area contributed by atoms with Crippen molar-refractivity contribution in [3.8, 4) is 22.4 Å². The molecule has 0 spiro atoms. The molecule has 0 bridgehead atoms. The summed E-state index contributed by atoms with van der Waals surface area (Å²) in [6.45, 7) is 2.04. The first-order valence-corrected chi connectivity index (χ1v) is 6.61. The zero-order valence-corrected chi connectivity index (χ0v) is 11.7. The highest BCUT2D eigenvalue weighted by atomic mass is 35.5. The maximum atomic E-state index is 6.03. The number of hydrogen-bond acceptors (Lipinski definition) is 3. The molecule has 1 heterocycles. The van der Waals surface area contributed by atoms with Gasteiger partial charge in [0.05, 0.1) is 5.56 Å². The van der Waals surface area contributed by atoms with E-state index >= 15 is 0 Å². The molecule has 3 aromatic rings. The van der Waals surface area contributed by atoms with Crippen LogP contribution in [0.5, 0.6) is 0 Å². The molecule has 2 aromatic carbocycles. The summed E-state index contributed by atoms with van der Waals surface area (Å²) in [5, 5.41) is 4.72. The number of benzene rings is 2. The van der Waals surface area contributed by atoms with Crippen molar-refractivity contribution in [3.05, 3.63) is 59.1 Å². The number of nitrogen functional groups attached to an aromatic ring is 1. The van der Waals surface area contributed by atoms with Gasteiger partial charge in [0.1, 0.15) is 5.69 Å². The van der Waals surface area contributed by atoms with Gasteiger partial charge in [-0.25, -0.2) is 0 Å². The normalized spacial score (nSPS) is 10.7. The molecule has 0 aliphatic heterocycles. The fourth-order valence-electron chi connectivity index (χ4n) is 2.13. The van der Waals surface area contributed by atoms with Gasteiger partial charge in [0.15, 0.2) is 0 Å². The summed E-state index contributed by atoms with van der Waals surface area (Å²) in [4.78, 5) is 0. The fourth-order valence-corrected chi connectivity index (χ4v) is 2.33. The van der Waals surface area contributed by atoms with E-state index in [1.165, 1.54) is 5.56 Å². The van der Waals surface area contributed by atoms with E-state index in [9.17, 15) is 0 Å². The Morgan fingerprint density at radius 2 is 1.80 bits per heavy atom. The average molecular weight is 285 g/mol. The third-order valence-electron chi connectivity index (χ3n) is 3.16. The summed E-state index contributed by atoms with van der Waals surface area (Å²) in [5.41, 5.74) is 10.5. The fraction of sp³-hybridized carbons (Fsp3) is 0.0625. The summed E-state index contributed by atoms with van der Waals surface area (Å²) in [7, 11) is 0. The Morgan fingerprint density at radius 1 is 1.05 bits per heavy atom. The van der Waals surface area contributed by atoms with Gasteiger partial charge in [-0.3, -0.25) is 0 Å². The molecular formula is C16H13ClN2O. The molecule has 100 valence electrons. The molecule has 4 heteroatoms. The average Bonchev–Trinajstić information content (AvgIpc) is 2.82. The molecule has 0 saturated carbocycles. The molecule has 0 aliphatic carbocycles. The number of hydrogen-bond donors (Lipinski definition) is 1. The predicted molar refractivity (Wildman–Crippen MR) is 81.5 cm³/mol. The highest BCUT2D eigenvalue weighted by Crippen LogP contribution is 2.36. The van der Waals surface area contributed by atoms with E-state index in [1.807, 2.05) is 55.5 Å². The molecule has 3 rings (SSSR count). The molecule has 1 aromatic heterocycles. The second-order valence-electron chi connectivity index (χ2n) is 4.65. The molecule has 0 saturated heterocycles. The quantitative estimate of drug-likeness (QED) is 0.751. The van der Waals surface area contributed by atoms with Crippen molar-refractivity contribution in [2.45, 2.75) is 6.92 Å². The van der Waals surface area contributed by atoms with Crippen molar-refractivity contribution in [1.29, 1.82) is 0 Å². The van der Waals surface area contributed by atoms with Gasteiger partial charge < -0.3 is 10.3 Å². The van der Waals surface area contributed by atoms with Crippen molar-refractivity contribution in [2.24, 2.45) is 0 Å². The maximum Gasteiger partial charge on any atom is 0.230 e. The largest absolute Gasteiger partial charge is 0.367 e. The topological polar surface area (TPSA) is 52.0 Å². The standard InChI is InChI=1S/C16H13ClN2O/c1-10-5-7-11(8-6-10)14-15(19-20-16(14)18)12-3-2-4-13(17)9-12/h2-9H,18H2,1H3. The second kappa shape index (κ2) is 5.02. The van der Waals surface area contributed by atoms with Crippen LogP contribution in [0.3, 0.4) is 0 Å². The maximum absolute atomic E-state index is 6.03. The van der Waals surface area contributed by atoms with Crippen LogP contribution in [0, 0.1) is 6.92 Å². The molecule has 0 atom stereocenters. The molecular weight excluding hydrogens is 272 g/mol. The van der Waals surface area contributed by atoms with Crippen LogP contribution in [0.4, 0.5) is 5.88 Å². The molecule has 0 amide bonds. The van der Waals surface area contributed by atoms with Crippen molar-refractivity contribution >= 4 is 17.5 Å². The minimum atomic E-state index is 0.309. The Kier molecular flexibility index (Phi) is 3.20. The van der Waals surface area contributed by atoms with Crippen LogP contribution in [-0.4, -0.2) is 5.16 Å². The lowest BCUT2D eigenvalue weighted by atomic mass is 10.0. The van der Waals surface area contributed by atoms with Crippen LogP contribution in [0.15, 0.2) is 53.1 Å². The molecule has 0 unspecified atom stereocenters. The van der Waals surface area contributed by atoms with E-state index in [1.54, 1.807) is 0 Å². The monoisotopic (exact) mass is 284 g/mol. The van der Waals surface area contributed by atoms with Crippen LogP contribution < -0.4 is 5.73 Å². The second-order valence-corrected chi connectivity index (χ2v) is 5.08. The molecule has 2 N–H and O–H groups in total. The minimum Gasteiger partial charge on any atom is -0.367 e. The third-order valence-corrected chi connectivity index (χ3v) is 3.39. The Labute approximate surface area is 122 Å². The zero-order chi connectivity index (χ0) is 14.1. The Morgan fingerprint density at radius 3 is 2.50 bits per heavy atom. The summed E-state index contributed by atoms with van der Waals surface area (Å²) >= 11 is 6.03. The van der Waals surface area contributed by atoms with E-state index in [0.29, 0.717) is 16.6 Å². The first-order valence-electron chi connectivity index (χ1n) is 6.23. The van der Waals surface area contributed by atoms with E-state index in [2.05, 4.69) is 5.16 Å². The van der Waals surface area contributed by atoms with Gasteiger partial charge in [0.25, 0.3) is 0 Å². The SMILES string of the molecule is Cc1ccc(-c2c(-c3cccc(Cl)c3)noc2N)cc1. The van der Waals surface area contributed by atoms with Gasteiger partial charge in [0.2, 0.25) is 5.88 Å². The highest BCUT2D eigenvalue weighted by Gasteiger charge is 2.17. The van der Waals surface area contributed by atoms with Gasteiger partial charge in [-0.15, -0.1) is 0 Å². The van der Waals surface area contributed by atoms with E-state index in [4.69, 9.17) is 21.9 Å². The first kappa shape index (κ1) is 12.8. The lowest BCUT2D eigenvalue weighted by Gasteiger charge is -2.04. The summed E-state index contributed by atoms with van der Waals surface area (Å²) in [6.07, 6.45) is 0. The first-order chi connectivity index (χ1) is 9.65. The number of nitrogens with two attached hydrogens (primary N) is 1.